The van der Waals surface area contributed by atoms with Crippen LogP contribution in [-0.4, -0.2) is 34.9 Å². The molecule has 0 aliphatic heterocycles. The second kappa shape index (κ2) is 7.27. The number of benzene rings is 1. The maximum Gasteiger partial charge on any atom is 0.343 e. The molecule has 1 aromatic carbocycles. The molecule has 2 heterocycles. The highest BCUT2D eigenvalue weighted by atomic mass is 32.1. The Bertz CT molecular complexity index is 933. The lowest BCUT2D eigenvalue weighted by Gasteiger charge is -2.09. The zero-order chi connectivity index (χ0) is 17.8. The Morgan fingerprint density at radius 1 is 1.24 bits per heavy atom. The first-order valence-corrected chi connectivity index (χ1v) is 8.32. The molecule has 0 aliphatic rings. The number of carbonyl (C=O) groups excluding carboxylic acids is 2. The number of fused-ring (bicyclic) bond motifs is 1. The van der Waals surface area contributed by atoms with Crippen molar-refractivity contribution in [1.82, 2.24) is 9.36 Å². The number of amides is 1. The zero-order valence-corrected chi connectivity index (χ0v) is 14.5. The number of rotatable bonds is 5. The number of carbonyl (C=O) groups is 2. The number of hydrogen-bond acceptors (Lipinski definition) is 7. The van der Waals surface area contributed by atoms with Gasteiger partial charge in [-0.2, -0.15) is 4.37 Å². The van der Waals surface area contributed by atoms with Crippen molar-refractivity contribution < 1.29 is 14.3 Å². The Morgan fingerprint density at radius 3 is 2.88 bits per heavy atom. The van der Waals surface area contributed by atoms with Crippen LogP contribution in [0, 0.1) is 6.92 Å². The van der Waals surface area contributed by atoms with E-state index in [2.05, 4.69) is 20.0 Å². The summed E-state index contributed by atoms with van der Waals surface area (Å²) in [5.41, 5.74) is 2.32. The van der Waals surface area contributed by atoms with Crippen LogP contribution >= 0.6 is 11.5 Å². The van der Waals surface area contributed by atoms with Gasteiger partial charge in [-0.15, -0.1) is 0 Å². The normalized spacial score (nSPS) is 10.5. The van der Waals surface area contributed by atoms with Gasteiger partial charge in [0.25, 0.3) is 5.91 Å². The molecule has 0 saturated heterocycles. The predicted molar refractivity (Wildman–Crippen MR) is 97.1 cm³/mol. The van der Waals surface area contributed by atoms with Gasteiger partial charge in [0.2, 0.25) is 0 Å². The largest absolute Gasteiger partial charge is 0.452 e. The minimum absolute atomic E-state index is 0.356. The molecule has 3 aromatic rings. The van der Waals surface area contributed by atoms with Crippen LogP contribution in [0.1, 0.15) is 16.1 Å². The van der Waals surface area contributed by atoms with Crippen LogP contribution in [0.3, 0.4) is 0 Å². The summed E-state index contributed by atoms with van der Waals surface area (Å²) in [6.45, 7) is 1.34. The van der Waals surface area contributed by atoms with E-state index in [-0.39, 0.29) is 6.61 Å². The number of aromatic nitrogens is 2. The fourth-order valence-corrected chi connectivity index (χ4v) is 3.12. The highest BCUT2D eigenvalue weighted by Crippen LogP contribution is 2.25. The van der Waals surface area contributed by atoms with E-state index in [0.717, 1.165) is 10.9 Å². The molecular formula is C17H16N4O3S. The van der Waals surface area contributed by atoms with Gasteiger partial charge >= 0.3 is 5.97 Å². The standard InChI is InChI=1S/C17H16N4O3S/c1-10-15(16(18-2)25-21-10)17(23)24-9-14(22)20-13-7-3-6-12-11(13)5-4-8-19-12/h3-8,18H,9H2,1-2H3,(H,20,22). The fourth-order valence-electron chi connectivity index (χ4n) is 2.38. The maximum absolute atomic E-state index is 12.2. The van der Waals surface area contributed by atoms with Gasteiger partial charge in [-0.05, 0) is 42.7 Å². The first-order chi connectivity index (χ1) is 12.1. The molecule has 128 valence electrons. The summed E-state index contributed by atoms with van der Waals surface area (Å²) in [6.07, 6.45) is 1.69. The molecule has 1 amide bonds. The Balaban J connectivity index is 1.67. The number of hydrogen-bond donors (Lipinski definition) is 2. The Hall–Kier alpha value is -3.00. The van der Waals surface area contributed by atoms with Crippen molar-refractivity contribution in [3.05, 3.63) is 47.8 Å². The molecule has 25 heavy (non-hydrogen) atoms. The van der Waals surface area contributed by atoms with Crippen molar-refractivity contribution >= 4 is 45.0 Å². The maximum atomic E-state index is 12.2. The van der Waals surface area contributed by atoms with Crippen molar-refractivity contribution in [2.45, 2.75) is 6.92 Å². The van der Waals surface area contributed by atoms with Gasteiger partial charge in [0.05, 0.1) is 16.9 Å². The highest BCUT2D eigenvalue weighted by Gasteiger charge is 2.20. The molecule has 7 nitrogen and oxygen atoms in total. The van der Waals surface area contributed by atoms with Crippen molar-refractivity contribution in [1.29, 1.82) is 0 Å². The van der Waals surface area contributed by atoms with E-state index in [4.69, 9.17) is 4.74 Å². The summed E-state index contributed by atoms with van der Waals surface area (Å²) in [7, 11) is 1.70. The van der Waals surface area contributed by atoms with Crippen LogP contribution < -0.4 is 10.6 Å². The second-order valence-corrected chi connectivity index (χ2v) is 6.00. The van der Waals surface area contributed by atoms with Gasteiger partial charge in [0.15, 0.2) is 6.61 Å². The number of nitrogens with zero attached hydrogens (tertiary/aromatic N) is 2. The molecule has 0 atom stereocenters. The summed E-state index contributed by atoms with van der Waals surface area (Å²) in [4.78, 5) is 28.6. The van der Waals surface area contributed by atoms with Crippen LogP contribution in [-0.2, 0) is 9.53 Å². The van der Waals surface area contributed by atoms with Crippen molar-refractivity contribution in [3.63, 3.8) is 0 Å². The van der Waals surface area contributed by atoms with Crippen LogP contribution in [0.4, 0.5) is 10.7 Å². The second-order valence-electron chi connectivity index (χ2n) is 5.22. The zero-order valence-electron chi connectivity index (χ0n) is 13.7. The summed E-state index contributed by atoms with van der Waals surface area (Å²) in [5.74, 6) is -0.998. The first kappa shape index (κ1) is 16.8. The molecule has 0 fully saturated rings. The molecule has 0 radical (unpaired) electrons. The minimum Gasteiger partial charge on any atom is -0.452 e. The minimum atomic E-state index is -0.578. The van der Waals surface area contributed by atoms with E-state index < -0.39 is 11.9 Å². The Labute approximate surface area is 148 Å². The van der Waals surface area contributed by atoms with Crippen molar-refractivity contribution in [3.8, 4) is 0 Å². The molecule has 0 bridgehead atoms. The van der Waals surface area contributed by atoms with E-state index in [1.54, 1.807) is 38.4 Å². The Morgan fingerprint density at radius 2 is 2.08 bits per heavy atom. The van der Waals surface area contributed by atoms with E-state index >= 15 is 0 Å². The third kappa shape index (κ3) is 3.58. The highest BCUT2D eigenvalue weighted by molar-refractivity contribution is 7.10. The summed E-state index contributed by atoms with van der Waals surface area (Å²) in [6, 6.07) is 9.09. The molecule has 2 N–H and O–H groups in total. The molecule has 0 unspecified atom stereocenters. The van der Waals surface area contributed by atoms with Gasteiger partial charge in [0.1, 0.15) is 10.6 Å². The quantitative estimate of drug-likeness (QED) is 0.683. The number of aryl methyl sites for hydroxylation is 1. The van der Waals surface area contributed by atoms with E-state index in [9.17, 15) is 9.59 Å². The van der Waals surface area contributed by atoms with E-state index in [1.165, 1.54) is 11.5 Å². The monoisotopic (exact) mass is 356 g/mol. The van der Waals surface area contributed by atoms with E-state index in [0.29, 0.717) is 21.9 Å². The van der Waals surface area contributed by atoms with Crippen molar-refractivity contribution in [2.24, 2.45) is 0 Å². The van der Waals surface area contributed by atoms with Gasteiger partial charge < -0.3 is 15.4 Å². The van der Waals surface area contributed by atoms with Gasteiger partial charge in [0, 0.05) is 18.6 Å². The summed E-state index contributed by atoms with van der Waals surface area (Å²) in [5, 5.41) is 7.07. The van der Waals surface area contributed by atoms with Gasteiger partial charge in [-0.25, -0.2) is 4.79 Å². The SMILES string of the molecule is CNc1snc(C)c1C(=O)OCC(=O)Nc1cccc2ncccc12. The molecular weight excluding hydrogens is 340 g/mol. The van der Waals surface area contributed by atoms with Gasteiger partial charge in [-0.3, -0.25) is 9.78 Å². The average molecular weight is 356 g/mol. The van der Waals surface area contributed by atoms with Crippen molar-refractivity contribution in [2.75, 3.05) is 24.3 Å². The van der Waals surface area contributed by atoms with Crippen LogP contribution in [0.2, 0.25) is 0 Å². The number of esters is 1. The Kier molecular flexibility index (Phi) is 4.90. The molecule has 0 spiro atoms. The fraction of sp³-hybridized carbons (Fsp3) is 0.176. The topological polar surface area (TPSA) is 93.2 Å². The van der Waals surface area contributed by atoms with E-state index in [1.807, 2.05) is 12.1 Å². The lowest BCUT2D eigenvalue weighted by atomic mass is 10.2. The third-order valence-corrected chi connectivity index (χ3v) is 4.50. The molecule has 8 heteroatoms. The number of pyridine rings is 1. The molecule has 0 saturated carbocycles. The van der Waals surface area contributed by atoms with Crippen LogP contribution in [0.5, 0.6) is 0 Å². The molecule has 0 aliphatic carbocycles. The summed E-state index contributed by atoms with van der Waals surface area (Å²) >= 11 is 1.17. The number of nitrogens with one attached hydrogen (secondary N) is 2. The lowest BCUT2D eigenvalue weighted by Crippen LogP contribution is -2.21. The third-order valence-electron chi connectivity index (χ3n) is 3.55. The smallest absolute Gasteiger partial charge is 0.343 e. The summed E-state index contributed by atoms with van der Waals surface area (Å²) < 4.78 is 9.22. The lowest BCUT2D eigenvalue weighted by molar-refractivity contribution is -0.119. The predicted octanol–water partition coefficient (Wildman–Crippen LogP) is 2.84. The first-order valence-electron chi connectivity index (χ1n) is 7.55. The van der Waals surface area contributed by atoms with Crippen LogP contribution in [0.25, 0.3) is 10.9 Å². The number of ether oxygens (including phenoxy) is 1. The average Bonchev–Trinajstić information content (AvgIpc) is 3.01. The molecule has 3 rings (SSSR count). The van der Waals surface area contributed by atoms with Crippen LogP contribution in [0.15, 0.2) is 36.5 Å². The molecule has 2 aromatic heterocycles. The number of anilines is 2. The van der Waals surface area contributed by atoms with Gasteiger partial charge in [-0.1, -0.05) is 6.07 Å².